The first kappa shape index (κ1) is 17.2. The fourth-order valence-electron chi connectivity index (χ4n) is 3.08. The number of piperidine rings is 1. The smallest absolute Gasteiger partial charge is 0.249 e. The van der Waals surface area contributed by atoms with Crippen LogP contribution in [0.5, 0.6) is 0 Å². The summed E-state index contributed by atoms with van der Waals surface area (Å²) in [5.41, 5.74) is 1.07. The van der Waals surface area contributed by atoms with E-state index in [0.29, 0.717) is 13.0 Å². The number of amides is 1. The molecule has 2 heterocycles. The lowest BCUT2D eigenvalue weighted by Crippen LogP contribution is -2.48. The highest BCUT2D eigenvalue weighted by Gasteiger charge is 2.25. The van der Waals surface area contributed by atoms with Crippen molar-refractivity contribution in [2.24, 2.45) is 0 Å². The van der Waals surface area contributed by atoms with E-state index in [-0.39, 0.29) is 18.1 Å². The number of hydrogen-bond acceptors (Lipinski definition) is 5. The van der Waals surface area contributed by atoms with Crippen molar-refractivity contribution in [3.8, 4) is 0 Å². The van der Waals surface area contributed by atoms with Gasteiger partial charge >= 0.3 is 0 Å². The van der Waals surface area contributed by atoms with Gasteiger partial charge in [-0.1, -0.05) is 30.4 Å². The average Bonchev–Trinajstić information content (AvgIpc) is 3.04. The van der Waals surface area contributed by atoms with Gasteiger partial charge in [-0.2, -0.15) is 0 Å². The third-order valence-corrected chi connectivity index (χ3v) is 5.52. The summed E-state index contributed by atoms with van der Waals surface area (Å²) in [5, 5.41) is 4.23. The van der Waals surface area contributed by atoms with Crippen LogP contribution in [0.1, 0.15) is 33.1 Å². The average molecular weight is 347 g/mol. The van der Waals surface area contributed by atoms with E-state index in [9.17, 15) is 4.79 Å². The van der Waals surface area contributed by atoms with Crippen molar-refractivity contribution in [2.45, 2.75) is 45.3 Å². The standard InChI is InChI=1S/C18H25N3O2S/c1-3-15(23-4-2)17(22)19-13-9-11-21(12-10-13)18-20-14-7-5-6-8-16(14)24-18/h5-8,13,15H,3-4,9-12H2,1-2H3,(H,19,22). The topological polar surface area (TPSA) is 54.5 Å². The third-order valence-electron chi connectivity index (χ3n) is 4.43. The number of para-hydroxylation sites is 1. The summed E-state index contributed by atoms with van der Waals surface area (Å²) in [6, 6.07) is 8.48. The summed E-state index contributed by atoms with van der Waals surface area (Å²) in [6.07, 6.45) is 2.29. The molecule has 1 aliphatic rings. The van der Waals surface area contributed by atoms with Crippen molar-refractivity contribution in [3.05, 3.63) is 24.3 Å². The number of nitrogens with zero attached hydrogens (tertiary/aromatic N) is 2. The molecule has 1 saturated heterocycles. The molecule has 1 aromatic heterocycles. The van der Waals surface area contributed by atoms with Gasteiger partial charge in [-0.15, -0.1) is 0 Å². The molecule has 1 aliphatic heterocycles. The highest BCUT2D eigenvalue weighted by atomic mass is 32.1. The van der Waals surface area contributed by atoms with Crippen LogP contribution in [0, 0.1) is 0 Å². The molecule has 3 rings (SSSR count). The summed E-state index contributed by atoms with van der Waals surface area (Å²) < 4.78 is 6.72. The van der Waals surface area contributed by atoms with Crippen molar-refractivity contribution < 1.29 is 9.53 Å². The van der Waals surface area contributed by atoms with Crippen molar-refractivity contribution >= 4 is 32.6 Å². The zero-order chi connectivity index (χ0) is 16.9. The molecule has 1 atom stereocenters. The summed E-state index contributed by atoms with van der Waals surface area (Å²) >= 11 is 1.74. The first-order valence-electron chi connectivity index (χ1n) is 8.73. The van der Waals surface area contributed by atoms with E-state index in [1.54, 1.807) is 11.3 Å². The number of anilines is 1. The molecule has 1 N–H and O–H groups in total. The van der Waals surface area contributed by atoms with Crippen molar-refractivity contribution in [1.29, 1.82) is 0 Å². The van der Waals surface area contributed by atoms with Crippen LogP contribution >= 0.6 is 11.3 Å². The monoisotopic (exact) mass is 347 g/mol. The lowest BCUT2D eigenvalue weighted by atomic mass is 10.0. The van der Waals surface area contributed by atoms with Gasteiger partial charge in [0.25, 0.3) is 0 Å². The Morgan fingerprint density at radius 3 is 2.79 bits per heavy atom. The molecule has 0 spiro atoms. The first-order valence-corrected chi connectivity index (χ1v) is 9.55. The van der Waals surface area contributed by atoms with Gasteiger partial charge in [0.05, 0.1) is 10.2 Å². The largest absolute Gasteiger partial charge is 0.369 e. The van der Waals surface area contributed by atoms with Gasteiger partial charge < -0.3 is 15.0 Å². The van der Waals surface area contributed by atoms with E-state index in [2.05, 4.69) is 28.4 Å². The molecule has 24 heavy (non-hydrogen) atoms. The number of benzene rings is 1. The molecule has 0 bridgehead atoms. The van der Waals surface area contributed by atoms with Crippen LogP contribution in [0.15, 0.2) is 24.3 Å². The van der Waals surface area contributed by atoms with Crippen LogP contribution in [-0.4, -0.2) is 42.7 Å². The zero-order valence-electron chi connectivity index (χ0n) is 14.3. The maximum atomic E-state index is 12.2. The minimum Gasteiger partial charge on any atom is -0.369 e. The fraction of sp³-hybridized carbons (Fsp3) is 0.556. The van der Waals surface area contributed by atoms with E-state index in [4.69, 9.17) is 9.72 Å². The molecule has 2 aromatic rings. The second kappa shape index (κ2) is 7.94. The van der Waals surface area contributed by atoms with Gasteiger partial charge in [-0.05, 0) is 38.3 Å². The molecule has 1 unspecified atom stereocenters. The lowest BCUT2D eigenvalue weighted by molar-refractivity contribution is -0.133. The second-order valence-electron chi connectivity index (χ2n) is 6.09. The first-order chi connectivity index (χ1) is 11.7. The Kier molecular flexibility index (Phi) is 5.68. The van der Waals surface area contributed by atoms with Gasteiger partial charge in [0.15, 0.2) is 5.13 Å². The Morgan fingerprint density at radius 1 is 1.38 bits per heavy atom. The second-order valence-corrected chi connectivity index (χ2v) is 7.10. The Labute approximate surface area is 147 Å². The number of carbonyl (C=O) groups is 1. The molecule has 0 radical (unpaired) electrons. The number of fused-ring (bicyclic) bond motifs is 1. The minimum atomic E-state index is -0.322. The SMILES string of the molecule is CCOC(CC)C(=O)NC1CCN(c2nc3ccccc3s2)CC1. The Balaban J connectivity index is 1.54. The Hall–Kier alpha value is -1.66. The molecule has 1 aromatic carbocycles. The van der Waals surface area contributed by atoms with Crippen LogP contribution in [0.25, 0.3) is 10.2 Å². The number of aromatic nitrogens is 1. The van der Waals surface area contributed by atoms with Crippen LogP contribution in [0.4, 0.5) is 5.13 Å². The Bertz CT molecular complexity index is 647. The van der Waals surface area contributed by atoms with Crippen LogP contribution in [-0.2, 0) is 9.53 Å². The van der Waals surface area contributed by atoms with Crippen LogP contribution in [0.3, 0.4) is 0 Å². The van der Waals surface area contributed by atoms with Crippen molar-refractivity contribution in [1.82, 2.24) is 10.3 Å². The van der Waals surface area contributed by atoms with E-state index >= 15 is 0 Å². The lowest BCUT2D eigenvalue weighted by Gasteiger charge is -2.32. The van der Waals surface area contributed by atoms with Gasteiger partial charge in [0.2, 0.25) is 5.91 Å². The van der Waals surface area contributed by atoms with Crippen molar-refractivity contribution in [2.75, 3.05) is 24.6 Å². The van der Waals surface area contributed by atoms with Gasteiger partial charge in [-0.3, -0.25) is 4.79 Å². The molecule has 5 nitrogen and oxygen atoms in total. The van der Waals surface area contributed by atoms with E-state index in [1.165, 1.54) is 4.70 Å². The number of hydrogen-bond donors (Lipinski definition) is 1. The van der Waals surface area contributed by atoms with Gasteiger partial charge in [0, 0.05) is 25.7 Å². The van der Waals surface area contributed by atoms with Crippen LogP contribution < -0.4 is 10.2 Å². The number of nitrogens with one attached hydrogen (secondary N) is 1. The van der Waals surface area contributed by atoms with E-state index in [0.717, 1.165) is 36.6 Å². The molecular formula is C18H25N3O2S. The molecule has 130 valence electrons. The Morgan fingerprint density at radius 2 is 2.12 bits per heavy atom. The van der Waals surface area contributed by atoms with E-state index in [1.807, 2.05) is 19.9 Å². The number of ether oxygens (including phenoxy) is 1. The normalized spacial score (nSPS) is 17.2. The summed E-state index contributed by atoms with van der Waals surface area (Å²) in [5.74, 6) is 0.0257. The minimum absolute atomic E-state index is 0.0257. The quantitative estimate of drug-likeness (QED) is 0.872. The maximum Gasteiger partial charge on any atom is 0.249 e. The summed E-state index contributed by atoms with van der Waals surface area (Å²) in [7, 11) is 0. The predicted molar refractivity (Wildman–Crippen MR) is 98.7 cm³/mol. The molecule has 0 saturated carbocycles. The zero-order valence-corrected chi connectivity index (χ0v) is 15.1. The van der Waals surface area contributed by atoms with Gasteiger partial charge in [-0.25, -0.2) is 4.98 Å². The predicted octanol–water partition coefficient (Wildman–Crippen LogP) is 3.20. The maximum absolute atomic E-state index is 12.2. The summed E-state index contributed by atoms with van der Waals surface area (Å²) in [4.78, 5) is 19.3. The highest BCUT2D eigenvalue weighted by molar-refractivity contribution is 7.22. The number of carbonyl (C=O) groups excluding carboxylic acids is 1. The van der Waals surface area contributed by atoms with Crippen molar-refractivity contribution in [3.63, 3.8) is 0 Å². The van der Waals surface area contributed by atoms with E-state index < -0.39 is 0 Å². The van der Waals surface area contributed by atoms with Crippen LogP contribution in [0.2, 0.25) is 0 Å². The third kappa shape index (κ3) is 3.87. The fourth-order valence-corrected chi connectivity index (χ4v) is 4.10. The number of rotatable bonds is 6. The molecular weight excluding hydrogens is 322 g/mol. The highest BCUT2D eigenvalue weighted by Crippen LogP contribution is 2.30. The molecule has 6 heteroatoms. The number of thiazole rings is 1. The molecule has 0 aliphatic carbocycles. The summed E-state index contributed by atoms with van der Waals surface area (Å²) in [6.45, 7) is 6.33. The molecule has 1 amide bonds. The molecule has 1 fully saturated rings. The van der Waals surface area contributed by atoms with Gasteiger partial charge in [0.1, 0.15) is 6.10 Å².